The molecule has 98 valence electrons. The van der Waals surface area contributed by atoms with E-state index < -0.39 is 12.0 Å². The number of amides is 1. The fraction of sp³-hybridized carbons (Fsp3) is 0.583. The molecule has 2 unspecified atom stereocenters. The van der Waals surface area contributed by atoms with Crippen molar-refractivity contribution in [2.75, 3.05) is 6.54 Å². The summed E-state index contributed by atoms with van der Waals surface area (Å²) in [5.41, 5.74) is 0.488. The summed E-state index contributed by atoms with van der Waals surface area (Å²) in [7, 11) is 0. The third-order valence-corrected chi connectivity index (χ3v) is 3.39. The van der Waals surface area contributed by atoms with Crippen molar-refractivity contribution >= 4 is 11.9 Å². The van der Waals surface area contributed by atoms with Gasteiger partial charge in [-0.3, -0.25) is 4.79 Å². The molecule has 0 aromatic carbocycles. The lowest BCUT2D eigenvalue weighted by molar-refractivity contribution is -0.145. The maximum Gasteiger partial charge on any atom is 0.326 e. The summed E-state index contributed by atoms with van der Waals surface area (Å²) in [5.74, 6) is -1.27. The van der Waals surface area contributed by atoms with Crippen LogP contribution in [0.3, 0.4) is 0 Å². The summed E-state index contributed by atoms with van der Waals surface area (Å²) in [6.45, 7) is 3.96. The highest BCUT2D eigenvalue weighted by atomic mass is 16.4. The van der Waals surface area contributed by atoms with Crippen molar-refractivity contribution in [3.63, 3.8) is 0 Å². The molecule has 1 aliphatic rings. The van der Waals surface area contributed by atoms with E-state index >= 15 is 0 Å². The SMILES string of the molecule is Cc1ncoc1C(=O)N1CCCC(C)C1C(=O)O. The molecule has 18 heavy (non-hydrogen) atoms. The van der Waals surface area contributed by atoms with E-state index in [9.17, 15) is 14.7 Å². The van der Waals surface area contributed by atoms with Gasteiger partial charge < -0.3 is 14.4 Å². The summed E-state index contributed by atoms with van der Waals surface area (Å²) < 4.78 is 5.05. The number of rotatable bonds is 2. The fourth-order valence-corrected chi connectivity index (χ4v) is 2.43. The number of carbonyl (C=O) groups excluding carboxylic acids is 1. The van der Waals surface area contributed by atoms with Crippen LogP contribution in [0.4, 0.5) is 0 Å². The molecule has 2 rings (SSSR count). The van der Waals surface area contributed by atoms with Crippen LogP contribution in [0.15, 0.2) is 10.8 Å². The van der Waals surface area contributed by atoms with E-state index in [1.165, 1.54) is 11.3 Å². The monoisotopic (exact) mass is 252 g/mol. The van der Waals surface area contributed by atoms with Crippen LogP contribution in [0, 0.1) is 12.8 Å². The van der Waals surface area contributed by atoms with Crippen LogP contribution in [0.25, 0.3) is 0 Å². The smallest absolute Gasteiger partial charge is 0.326 e. The molecular weight excluding hydrogens is 236 g/mol. The fourth-order valence-electron chi connectivity index (χ4n) is 2.43. The van der Waals surface area contributed by atoms with Gasteiger partial charge in [-0.15, -0.1) is 0 Å². The molecule has 0 saturated carbocycles. The molecule has 0 radical (unpaired) electrons. The van der Waals surface area contributed by atoms with Crippen LogP contribution in [0.5, 0.6) is 0 Å². The molecule has 0 bridgehead atoms. The first-order valence-electron chi connectivity index (χ1n) is 5.96. The molecular formula is C12H16N2O4. The Labute approximate surface area is 105 Å². The van der Waals surface area contributed by atoms with Gasteiger partial charge in [0.25, 0.3) is 5.91 Å². The van der Waals surface area contributed by atoms with Gasteiger partial charge >= 0.3 is 5.97 Å². The first-order chi connectivity index (χ1) is 8.52. The van der Waals surface area contributed by atoms with Gasteiger partial charge in [-0.1, -0.05) is 6.92 Å². The van der Waals surface area contributed by atoms with Gasteiger partial charge in [-0.2, -0.15) is 0 Å². The van der Waals surface area contributed by atoms with E-state index in [0.29, 0.717) is 12.2 Å². The van der Waals surface area contributed by atoms with Gasteiger partial charge in [0.2, 0.25) is 5.76 Å². The van der Waals surface area contributed by atoms with Crippen LogP contribution in [0.1, 0.15) is 36.0 Å². The van der Waals surface area contributed by atoms with E-state index in [1.807, 2.05) is 6.92 Å². The number of nitrogens with zero attached hydrogens (tertiary/aromatic N) is 2. The molecule has 1 aliphatic heterocycles. The Morgan fingerprint density at radius 3 is 2.83 bits per heavy atom. The Morgan fingerprint density at radius 1 is 1.56 bits per heavy atom. The van der Waals surface area contributed by atoms with Crippen molar-refractivity contribution in [2.24, 2.45) is 5.92 Å². The molecule has 2 atom stereocenters. The van der Waals surface area contributed by atoms with E-state index in [2.05, 4.69) is 4.98 Å². The van der Waals surface area contributed by atoms with Crippen LogP contribution < -0.4 is 0 Å². The summed E-state index contributed by atoms with van der Waals surface area (Å²) in [6, 6.07) is -0.782. The number of carboxylic acid groups (broad SMARTS) is 1. The van der Waals surface area contributed by atoms with Gasteiger partial charge in [-0.05, 0) is 25.7 Å². The van der Waals surface area contributed by atoms with Crippen LogP contribution in [-0.2, 0) is 4.79 Å². The normalized spacial score (nSPS) is 24.0. The molecule has 0 aliphatic carbocycles. The minimum atomic E-state index is -0.965. The number of aryl methyl sites for hydroxylation is 1. The number of hydrogen-bond donors (Lipinski definition) is 1. The lowest BCUT2D eigenvalue weighted by Gasteiger charge is -2.36. The molecule has 6 heteroatoms. The van der Waals surface area contributed by atoms with Gasteiger partial charge in [0.15, 0.2) is 6.39 Å². The van der Waals surface area contributed by atoms with Crippen LogP contribution >= 0.6 is 0 Å². The van der Waals surface area contributed by atoms with E-state index in [1.54, 1.807) is 6.92 Å². The van der Waals surface area contributed by atoms with Crippen LogP contribution in [0.2, 0.25) is 0 Å². The zero-order chi connectivity index (χ0) is 13.3. The van der Waals surface area contributed by atoms with Gasteiger partial charge in [0.1, 0.15) is 6.04 Å². The lowest BCUT2D eigenvalue weighted by Crippen LogP contribution is -2.52. The third kappa shape index (κ3) is 2.10. The molecule has 1 saturated heterocycles. The Hall–Kier alpha value is -1.85. The average molecular weight is 252 g/mol. The second kappa shape index (κ2) is 4.80. The highest BCUT2D eigenvalue weighted by Crippen LogP contribution is 2.25. The maximum absolute atomic E-state index is 12.3. The van der Waals surface area contributed by atoms with Gasteiger partial charge in [-0.25, -0.2) is 9.78 Å². The number of aromatic nitrogens is 1. The Morgan fingerprint density at radius 2 is 2.28 bits per heavy atom. The Bertz CT molecular complexity index is 468. The first-order valence-corrected chi connectivity index (χ1v) is 5.96. The number of likely N-dealkylation sites (tertiary alicyclic amines) is 1. The quantitative estimate of drug-likeness (QED) is 0.857. The molecule has 2 heterocycles. The summed E-state index contributed by atoms with van der Waals surface area (Å²) in [5, 5.41) is 9.25. The van der Waals surface area contributed by atoms with E-state index in [4.69, 9.17) is 4.42 Å². The Balaban J connectivity index is 2.28. The van der Waals surface area contributed by atoms with Crippen molar-refractivity contribution in [3.8, 4) is 0 Å². The molecule has 1 aromatic heterocycles. The number of hydrogen-bond acceptors (Lipinski definition) is 4. The molecule has 1 aromatic rings. The van der Waals surface area contributed by atoms with Crippen molar-refractivity contribution in [3.05, 3.63) is 17.8 Å². The summed E-state index contributed by atoms with van der Waals surface area (Å²) in [4.78, 5) is 28.8. The lowest BCUT2D eigenvalue weighted by atomic mass is 9.90. The van der Waals surface area contributed by atoms with Crippen LogP contribution in [-0.4, -0.2) is 39.5 Å². The molecule has 1 fully saturated rings. The number of aliphatic carboxylic acids is 1. The predicted molar refractivity (Wildman–Crippen MR) is 62.1 cm³/mol. The van der Waals surface area contributed by atoms with Crippen molar-refractivity contribution in [2.45, 2.75) is 32.7 Å². The summed E-state index contributed by atoms with van der Waals surface area (Å²) in [6.07, 6.45) is 2.83. The number of piperidine rings is 1. The van der Waals surface area contributed by atoms with E-state index in [0.717, 1.165) is 12.8 Å². The predicted octanol–water partition coefficient (Wildman–Crippen LogP) is 1.31. The maximum atomic E-state index is 12.3. The third-order valence-electron chi connectivity index (χ3n) is 3.39. The number of oxazole rings is 1. The second-order valence-electron chi connectivity index (χ2n) is 4.67. The number of carboxylic acids is 1. The van der Waals surface area contributed by atoms with Crippen molar-refractivity contribution < 1.29 is 19.1 Å². The average Bonchev–Trinajstić information content (AvgIpc) is 2.73. The minimum Gasteiger partial charge on any atom is -0.480 e. The molecule has 6 nitrogen and oxygen atoms in total. The largest absolute Gasteiger partial charge is 0.480 e. The second-order valence-corrected chi connectivity index (χ2v) is 4.67. The zero-order valence-electron chi connectivity index (χ0n) is 10.4. The number of carbonyl (C=O) groups is 2. The molecule has 1 amide bonds. The Kier molecular flexibility index (Phi) is 3.36. The summed E-state index contributed by atoms with van der Waals surface area (Å²) >= 11 is 0. The molecule has 0 spiro atoms. The standard InChI is InChI=1S/C12H16N2O4/c1-7-4-3-5-14(9(7)12(16)17)11(15)10-8(2)13-6-18-10/h6-7,9H,3-5H2,1-2H3,(H,16,17). The van der Waals surface area contributed by atoms with Gasteiger partial charge in [0, 0.05) is 6.54 Å². The highest BCUT2D eigenvalue weighted by Gasteiger charge is 2.38. The molecule has 1 N–H and O–H groups in total. The van der Waals surface area contributed by atoms with Gasteiger partial charge in [0.05, 0.1) is 5.69 Å². The zero-order valence-corrected chi connectivity index (χ0v) is 10.4. The first kappa shape index (κ1) is 12.6. The van der Waals surface area contributed by atoms with Crippen molar-refractivity contribution in [1.29, 1.82) is 0 Å². The highest BCUT2D eigenvalue weighted by molar-refractivity contribution is 5.95. The minimum absolute atomic E-state index is 0.0524. The van der Waals surface area contributed by atoms with Crippen molar-refractivity contribution in [1.82, 2.24) is 9.88 Å². The van der Waals surface area contributed by atoms with E-state index in [-0.39, 0.29) is 17.6 Å². The topological polar surface area (TPSA) is 83.6 Å².